The highest BCUT2D eigenvalue weighted by Gasteiger charge is 2.01. The Balaban J connectivity index is 1.94. The Kier molecular flexibility index (Phi) is 3.46. The molecule has 0 bridgehead atoms. The summed E-state index contributed by atoms with van der Waals surface area (Å²) in [6, 6.07) is 8.24. The lowest BCUT2D eigenvalue weighted by atomic mass is 10.3. The molecule has 1 heterocycles. The van der Waals surface area contributed by atoms with Gasteiger partial charge in [-0.1, -0.05) is 5.16 Å². The Hall–Kier alpha value is -1.49. The van der Waals surface area contributed by atoms with E-state index in [9.17, 15) is 0 Å². The van der Waals surface area contributed by atoms with Gasteiger partial charge in [-0.15, -0.1) is 11.8 Å². The number of nitrogens with zero attached hydrogens (tertiary/aromatic N) is 2. The number of nitrogens with one attached hydrogen (secondary N) is 1. The highest BCUT2D eigenvalue weighted by molar-refractivity contribution is 7.98. The number of thioether (sulfide) groups is 1. The normalized spacial score (nSPS) is 10.4. The molecule has 2 rings (SSSR count). The van der Waals surface area contributed by atoms with Crippen molar-refractivity contribution in [3.63, 3.8) is 0 Å². The van der Waals surface area contributed by atoms with Crippen LogP contribution in [0.15, 0.2) is 33.7 Å². The minimum absolute atomic E-state index is 0.579. The maximum absolute atomic E-state index is 4.88. The Bertz CT molecular complexity index is 453. The summed E-state index contributed by atoms with van der Waals surface area (Å²) in [5.41, 5.74) is 1.06. The second-order valence-corrected chi connectivity index (χ2v) is 4.19. The van der Waals surface area contributed by atoms with E-state index in [2.05, 4.69) is 33.8 Å². The summed E-state index contributed by atoms with van der Waals surface area (Å²) in [5.74, 6) is 1.26. The molecule has 0 saturated carbocycles. The van der Waals surface area contributed by atoms with Crippen LogP contribution >= 0.6 is 11.8 Å². The van der Waals surface area contributed by atoms with Crippen LogP contribution in [-0.4, -0.2) is 16.4 Å². The summed E-state index contributed by atoms with van der Waals surface area (Å²) in [6.45, 7) is 2.36. The molecule has 0 unspecified atom stereocenters. The van der Waals surface area contributed by atoms with Gasteiger partial charge in [0.15, 0.2) is 5.82 Å². The van der Waals surface area contributed by atoms with Crippen LogP contribution in [0.25, 0.3) is 0 Å². The standard InChI is InChI=1S/C11H13N3OS/c1-8-13-11(14-15-8)7-12-9-3-5-10(16-2)6-4-9/h3-6,12H,7H2,1-2H3. The van der Waals surface area contributed by atoms with E-state index in [1.165, 1.54) is 4.90 Å². The number of aromatic nitrogens is 2. The molecule has 0 spiro atoms. The highest BCUT2D eigenvalue weighted by atomic mass is 32.2. The molecule has 4 nitrogen and oxygen atoms in total. The van der Waals surface area contributed by atoms with Gasteiger partial charge in [0.1, 0.15) is 0 Å². The lowest BCUT2D eigenvalue weighted by molar-refractivity contribution is 0.388. The van der Waals surface area contributed by atoms with Crippen molar-refractivity contribution in [2.45, 2.75) is 18.4 Å². The van der Waals surface area contributed by atoms with Gasteiger partial charge < -0.3 is 9.84 Å². The molecule has 5 heteroatoms. The molecule has 1 N–H and O–H groups in total. The average molecular weight is 235 g/mol. The minimum Gasteiger partial charge on any atom is -0.378 e. The molecular formula is C11H13N3OS. The molecular weight excluding hydrogens is 222 g/mol. The second kappa shape index (κ2) is 5.03. The zero-order valence-electron chi connectivity index (χ0n) is 9.23. The van der Waals surface area contributed by atoms with Crippen molar-refractivity contribution in [2.24, 2.45) is 0 Å². The fraction of sp³-hybridized carbons (Fsp3) is 0.273. The third-order valence-electron chi connectivity index (χ3n) is 2.11. The lowest BCUT2D eigenvalue weighted by Crippen LogP contribution is -2.00. The van der Waals surface area contributed by atoms with Crippen LogP contribution in [0, 0.1) is 6.92 Å². The minimum atomic E-state index is 0.579. The topological polar surface area (TPSA) is 51.0 Å². The molecule has 1 aromatic heterocycles. The number of hydrogen-bond acceptors (Lipinski definition) is 5. The van der Waals surface area contributed by atoms with Crippen molar-refractivity contribution in [3.8, 4) is 0 Å². The van der Waals surface area contributed by atoms with Crippen LogP contribution in [0.1, 0.15) is 11.7 Å². The first-order valence-corrected chi connectivity index (χ1v) is 6.17. The number of benzene rings is 1. The van der Waals surface area contributed by atoms with Crippen molar-refractivity contribution in [3.05, 3.63) is 36.0 Å². The van der Waals surface area contributed by atoms with Gasteiger partial charge in [-0.05, 0) is 30.5 Å². The van der Waals surface area contributed by atoms with E-state index < -0.39 is 0 Å². The van der Waals surface area contributed by atoms with Gasteiger partial charge in [-0.25, -0.2) is 0 Å². The molecule has 0 saturated heterocycles. The summed E-state index contributed by atoms with van der Waals surface area (Å²) >= 11 is 1.73. The van der Waals surface area contributed by atoms with E-state index in [1.54, 1.807) is 18.7 Å². The van der Waals surface area contributed by atoms with E-state index in [0.717, 1.165) is 5.69 Å². The van der Waals surface area contributed by atoms with E-state index in [-0.39, 0.29) is 0 Å². The molecule has 16 heavy (non-hydrogen) atoms. The van der Waals surface area contributed by atoms with Gasteiger partial charge in [0.2, 0.25) is 5.89 Å². The van der Waals surface area contributed by atoms with Crippen molar-refractivity contribution in [2.75, 3.05) is 11.6 Å². The van der Waals surface area contributed by atoms with E-state index in [1.807, 2.05) is 12.1 Å². The Labute approximate surface area is 98.4 Å². The Morgan fingerprint density at radius 1 is 1.31 bits per heavy atom. The van der Waals surface area contributed by atoms with Gasteiger partial charge in [-0.3, -0.25) is 0 Å². The number of rotatable bonds is 4. The first kappa shape index (κ1) is 11.0. The van der Waals surface area contributed by atoms with Gasteiger partial charge >= 0.3 is 0 Å². The fourth-order valence-corrected chi connectivity index (χ4v) is 1.71. The lowest BCUT2D eigenvalue weighted by Gasteiger charge is -2.03. The monoisotopic (exact) mass is 235 g/mol. The van der Waals surface area contributed by atoms with Crippen LogP contribution in [0.2, 0.25) is 0 Å². The number of aryl methyl sites for hydroxylation is 1. The zero-order valence-corrected chi connectivity index (χ0v) is 10.0. The Morgan fingerprint density at radius 2 is 2.06 bits per heavy atom. The van der Waals surface area contributed by atoms with Crippen LogP contribution in [0.5, 0.6) is 0 Å². The molecule has 1 aromatic carbocycles. The van der Waals surface area contributed by atoms with Gasteiger partial charge in [0.05, 0.1) is 6.54 Å². The van der Waals surface area contributed by atoms with Crippen LogP contribution in [0.4, 0.5) is 5.69 Å². The number of anilines is 1. The summed E-state index contributed by atoms with van der Waals surface area (Å²) < 4.78 is 4.88. The summed E-state index contributed by atoms with van der Waals surface area (Å²) in [7, 11) is 0. The number of hydrogen-bond donors (Lipinski definition) is 1. The second-order valence-electron chi connectivity index (χ2n) is 3.31. The molecule has 0 aliphatic carbocycles. The first-order chi connectivity index (χ1) is 7.78. The molecule has 84 valence electrons. The molecule has 0 aliphatic heterocycles. The smallest absolute Gasteiger partial charge is 0.223 e. The molecule has 0 aliphatic rings. The predicted octanol–water partition coefficient (Wildman–Crippen LogP) is 2.71. The van der Waals surface area contributed by atoms with Crippen molar-refractivity contribution >= 4 is 17.4 Å². The molecule has 0 amide bonds. The highest BCUT2D eigenvalue weighted by Crippen LogP contribution is 2.17. The zero-order chi connectivity index (χ0) is 11.4. The van der Waals surface area contributed by atoms with Gasteiger partial charge in [0.25, 0.3) is 0 Å². The predicted molar refractivity (Wildman–Crippen MR) is 64.6 cm³/mol. The van der Waals surface area contributed by atoms with Gasteiger partial charge in [-0.2, -0.15) is 4.98 Å². The maximum atomic E-state index is 4.88. The van der Waals surface area contributed by atoms with E-state index in [0.29, 0.717) is 18.3 Å². The SMILES string of the molecule is CSc1ccc(NCc2noc(C)n2)cc1. The van der Waals surface area contributed by atoms with Crippen molar-refractivity contribution in [1.29, 1.82) is 0 Å². The summed E-state index contributed by atoms with van der Waals surface area (Å²) in [5, 5.41) is 7.04. The Morgan fingerprint density at radius 3 is 2.62 bits per heavy atom. The molecule has 0 atom stereocenters. The molecule has 2 aromatic rings. The van der Waals surface area contributed by atoms with Crippen LogP contribution in [-0.2, 0) is 6.54 Å². The largest absolute Gasteiger partial charge is 0.378 e. The molecule has 0 fully saturated rings. The third kappa shape index (κ3) is 2.76. The van der Waals surface area contributed by atoms with Crippen LogP contribution < -0.4 is 5.32 Å². The van der Waals surface area contributed by atoms with Crippen LogP contribution in [0.3, 0.4) is 0 Å². The summed E-state index contributed by atoms with van der Waals surface area (Å²) in [6.07, 6.45) is 2.06. The van der Waals surface area contributed by atoms with E-state index >= 15 is 0 Å². The molecule has 0 radical (unpaired) electrons. The van der Waals surface area contributed by atoms with E-state index in [4.69, 9.17) is 4.52 Å². The van der Waals surface area contributed by atoms with Crippen molar-refractivity contribution < 1.29 is 4.52 Å². The fourth-order valence-electron chi connectivity index (χ4n) is 1.30. The summed E-state index contributed by atoms with van der Waals surface area (Å²) in [4.78, 5) is 5.37. The van der Waals surface area contributed by atoms with Gasteiger partial charge in [0, 0.05) is 17.5 Å². The quantitative estimate of drug-likeness (QED) is 0.826. The first-order valence-electron chi connectivity index (χ1n) is 4.95. The van der Waals surface area contributed by atoms with Crippen molar-refractivity contribution in [1.82, 2.24) is 10.1 Å². The average Bonchev–Trinajstić information content (AvgIpc) is 2.73. The third-order valence-corrected chi connectivity index (χ3v) is 2.85. The maximum Gasteiger partial charge on any atom is 0.223 e.